The zero-order valence-corrected chi connectivity index (χ0v) is 14.3. The maximum atomic E-state index is 12.7. The molecule has 0 heterocycles. The maximum absolute atomic E-state index is 12.7. The normalized spacial score (nSPS) is 15.0. The third kappa shape index (κ3) is 3.13. The van der Waals surface area contributed by atoms with E-state index in [0.29, 0.717) is 6.42 Å². The number of halogens is 1. The van der Waals surface area contributed by atoms with E-state index in [2.05, 4.69) is 5.32 Å². The second-order valence-electron chi connectivity index (χ2n) is 5.75. The SMILES string of the molecule is CCC(C(=O)NC1=C(Cl)C(=O)c2ccccc2C1=O)c1ccccc1. The molecule has 0 aliphatic heterocycles. The van der Waals surface area contributed by atoms with Gasteiger partial charge in [0.25, 0.3) is 0 Å². The summed E-state index contributed by atoms with van der Waals surface area (Å²) in [5.41, 5.74) is 1.20. The lowest BCUT2D eigenvalue weighted by Gasteiger charge is -2.21. The van der Waals surface area contributed by atoms with Gasteiger partial charge in [-0.05, 0) is 12.0 Å². The minimum Gasteiger partial charge on any atom is -0.321 e. The smallest absolute Gasteiger partial charge is 0.232 e. The van der Waals surface area contributed by atoms with Gasteiger partial charge in [-0.2, -0.15) is 0 Å². The molecule has 5 heteroatoms. The van der Waals surface area contributed by atoms with E-state index in [-0.39, 0.29) is 27.8 Å². The van der Waals surface area contributed by atoms with Crippen molar-refractivity contribution >= 4 is 29.1 Å². The molecule has 1 amide bonds. The number of benzene rings is 2. The molecular weight excluding hydrogens is 338 g/mol. The first-order chi connectivity index (χ1) is 12.0. The van der Waals surface area contributed by atoms with Crippen molar-refractivity contribution in [3.8, 4) is 0 Å². The Kier molecular flexibility index (Phi) is 4.81. The monoisotopic (exact) mass is 353 g/mol. The number of hydrogen-bond donors (Lipinski definition) is 1. The van der Waals surface area contributed by atoms with Crippen LogP contribution in [0.4, 0.5) is 0 Å². The van der Waals surface area contributed by atoms with Crippen molar-refractivity contribution in [2.24, 2.45) is 0 Å². The Bertz CT molecular complexity index is 887. The van der Waals surface area contributed by atoms with Crippen LogP contribution in [0.25, 0.3) is 0 Å². The van der Waals surface area contributed by atoms with Crippen LogP contribution in [-0.2, 0) is 4.79 Å². The summed E-state index contributed by atoms with van der Waals surface area (Å²) in [6, 6.07) is 15.7. The second-order valence-corrected chi connectivity index (χ2v) is 6.13. The van der Waals surface area contributed by atoms with E-state index in [1.807, 2.05) is 37.3 Å². The Balaban J connectivity index is 1.92. The van der Waals surface area contributed by atoms with Gasteiger partial charge in [-0.15, -0.1) is 0 Å². The molecule has 0 fully saturated rings. The van der Waals surface area contributed by atoms with Crippen LogP contribution in [0.15, 0.2) is 65.3 Å². The predicted molar refractivity (Wildman–Crippen MR) is 95.6 cm³/mol. The molecule has 25 heavy (non-hydrogen) atoms. The van der Waals surface area contributed by atoms with Gasteiger partial charge in [-0.3, -0.25) is 14.4 Å². The average molecular weight is 354 g/mol. The van der Waals surface area contributed by atoms with Gasteiger partial charge in [-0.25, -0.2) is 0 Å². The molecule has 0 bridgehead atoms. The Hall–Kier alpha value is -2.72. The highest BCUT2D eigenvalue weighted by atomic mass is 35.5. The predicted octanol–water partition coefficient (Wildman–Crippen LogP) is 3.83. The van der Waals surface area contributed by atoms with Crippen LogP contribution in [0.3, 0.4) is 0 Å². The highest BCUT2D eigenvalue weighted by Crippen LogP contribution is 2.28. The Morgan fingerprint density at radius 1 is 0.960 bits per heavy atom. The standard InChI is InChI=1S/C20H16ClNO3/c1-2-13(12-8-4-3-5-9-12)20(25)22-17-16(21)18(23)14-10-6-7-11-15(14)19(17)24/h3-11,13H,2H2,1H3,(H,22,25). The zero-order chi connectivity index (χ0) is 18.0. The molecule has 1 aliphatic carbocycles. The van der Waals surface area contributed by atoms with Crippen molar-refractivity contribution in [2.45, 2.75) is 19.3 Å². The van der Waals surface area contributed by atoms with Crippen LogP contribution >= 0.6 is 11.6 Å². The number of nitrogens with one attached hydrogen (secondary N) is 1. The van der Waals surface area contributed by atoms with Crippen molar-refractivity contribution in [1.82, 2.24) is 5.32 Å². The molecule has 3 rings (SSSR count). The largest absolute Gasteiger partial charge is 0.321 e. The van der Waals surface area contributed by atoms with Gasteiger partial charge < -0.3 is 5.32 Å². The number of allylic oxidation sites excluding steroid dienone is 2. The summed E-state index contributed by atoms with van der Waals surface area (Å²) in [7, 11) is 0. The van der Waals surface area contributed by atoms with Gasteiger partial charge in [0, 0.05) is 11.1 Å². The summed E-state index contributed by atoms with van der Waals surface area (Å²) in [6.45, 7) is 1.89. The molecule has 0 aromatic heterocycles. The molecule has 0 saturated carbocycles. The topological polar surface area (TPSA) is 63.2 Å². The fourth-order valence-corrected chi connectivity index (χ4v) is 3.16. The first-order valence-electron chi connectivity index (χ1n) is 7.98. The molecule has 0 radical (unpaired) electrons. The number of amides is 1. The lowest BCUT2D eigenvalue weighted by Crippen LogP contribution is -2.35. The molecule has 1 aliphatic rings. The summed E-state index contributed by atoms with van der Waals surface area (Å²) in [5.74, 6) is -1.70. The molecule has 126 valence electrons. The van der Waals surface area contributed by atoms with Gasteiger partial charge in [-0.1, -0.05) is 73.1 Å². The number of Topliss-reactive ketones (excluding diaryl/α,β-unsaturated/α-hetero) is 2. The van der Waals surface area contributed by atoms with Gasteiger partial charge in [0.1, 0.15) is 10.7 Å². The summed E-state index contributed by atoms with van der Waals surface area (Å²) in [6.07, 6.45) is 0.555. The highest BCUT2D eigenvalue weighted by Gasteiger charge is 2.33. The van der Waals surface area contributed by atoms with Crippen LogP contribution in [0, 0.1) is 0 Å². The van der Waals surface area contributed by atoms with Gasteiger partial charge in [0.05, 0.1) is 5.92 Å². The van der Waals surface area contributed by atoms with Crippen LogP contribution in [0.5, 0.6) is 0 Å². The molecule has 2 aromatic rings. The van der Waals surface area contributed by atoms with E-state index < -0.39 is 17.5 Å². The fraction of sp³-hybridized carbons (Fsp3) is 0.150. The first-order valence-corrected chi connectivity index (χ1v) is 8.36. The molecule has 0 spiro atoms. The van der Waals surface area contributed by atoms with E-state index >= 15 is 0 Å². The number of ketones is 2. The summed E-state index contributed by atoms with van der Waals surface area (Å²) < 4.78 is 0. The van der Waals surface area contributed by atoms with Crippen LogP contribution in [0.2, 0.25) is 0 Å². The fourth-order valence-electron chi connectivity index (χ4n) is 2.93. The lowest BCUT2D eigenvalue weighted by atomic mass is 9.91. The zero-order valence-electron chi connectivity index (χ0n) is 13.6. The number of carbonyl (C=O) groups is 3. The van der Waals surface area contributed by atoms with Crippen molar-refractivity contribution in [3.05, 3.63) is 82.0 Å². The lowest BCUT2D eigenvalue weighted by molar-refractivity contribution is -0.121. The van der Waals surface area contributed by atoms with Crippen LogP contribution < -0.4 is 5.32 Å². The van der Waals surface area contributed by atoms with Crippen molar-refractivity contribution < 1.29 is 14.4 Å². The number of hydrogen-bond acceptors (Lipinski definition) is 3. The molecule has 1 N–H and O–H groups in total. The van der Waals surface area contributed by atoms with Gasteiger partial charge in [0.2, 0.25) is 17.5 Å². The van der Waals surface area contributed by atoms with E-state index in [1.54, 1.807) is 24.3 Å². The maximum Gasteiger partial charge on any atom is 0.232 e. The second kappa shape index (κ2) is 7.03. The molecule has 0 saturated heterocycles. The molecule has 2 aromatic carbocycles. The van der Waals surface area contributed by atoms with E-state index in [1.165, 1.54) is 0 Å². The van der Waals surface area contributed by atoms with E-state index in [0.717, 1.165) is 5.56 Å². The Labute approximate surface area is 150 Å². The molecule has 4 nitrogen and oxygen atoms in total. The average Bonchev–Trinajstić information content (AvgIpc) is 2.65. The molecule has 1 unspecified atom stereocenters. The molecular formula is C20H16ClNO3. The van der Waals surface area contributed by atoms with Crippen LogP contribution in [-0.4, -0.2) is 17.5 Å². The number of fused-ring (bicyclic) bond motifs is 1. The van der Waals surface area contributed by atoms with E-state index in [4.69, 9.17) is 11.6 Å². The highest BCUT2D eigenvalue weighted by molar-refractivity contribution is 6.50. The van der Waals surface area contributed by atoms with E-state index in [9.17, 15) is 14.4 Å². The summed E-state index contributed by atoms with van der Waals surface area (Å²) >= 11 is 6.09. The molecule has 1 atom stereocenters. The minimum absolute atomic E-state index is 0.148. The Morgan fingerprint density at radius 3 is 2.12 bits per heavy atom. The Morgan fingerprint density at radius 2 is 1.52 bits per heavy atom. The number of rotatable bonds is 4. The third-order valence-electron chi connectivity index (χ3n) is 4.24. The van der Waals surface area contributed by atoms with Crippen LogP contribution in [0.1, 0.15) is 45.5 Å². The third-order valence-corrected chi connectivity index (χ3v) is 4.60. The quantitative estimate of drug-likeness (QED) is 0.908. The summed E-state index contributed by atoms with van der Waals surface area (Å²) in [5, 5.41) is 2.33. The van der Waals surface area contributed by atoms with Gasteiger partial charge >= 0.3 is 0 Å². The first kappa shape index (κ1) is 17.1. The van der Waals surface area contributed by atoms with Crippen molar-refractivity contribution in [1.29, 1.82) is 0 Å². The number of carbonyl (C=O) groups excluding carboxylic acids is 3. The van der Waals surface area contributed by atoms with Crippen molar-refractivity contribution in [2.75, 3.05) is 0 Å². The summed E-state index contributed by atoms with van der Waals surface area (Å²) in [4.78, 5) is 37.7. The minimum atomic E-state index is -0.458. The van der Waals surface area contributed by atoms with Gasteiger partial charge in [0.15, 0.2) is 0 Å². The van der Waals surface area contributed by atoms with Crippen molar-refractivity contribution in [3.63, 3.8) is 0 Å².